The lowest BCUT2D eigenvalue weighted by molar-refractivity contribution is 0.00578. The van der Waals surface area contributed by atoms with E-state index >= 15 is 0 Å². The van der Waals surface area contributed by atoms with Gasteiger partial charge in [-0.15, -0.1) is 0 Å². The fourth-order valence-electron chi connectivity index (χ4n) is 5.01. The van der Waals surface area contributed by atoms with Gasteiger partial charge in [0.15, 0.2) is 0 Å². The number of benzene rings is 1. The molecule has 0 bridgehead atoms. The molecule has 0 aromatic heterocycles. The van der Waals surface area contributed by atoms with Crippen molar-refractivity contribution in [1.29, 1.82) is 0 Å². The third-order valence-electron chi connectivity index (χ3n) is 7.86. The number of methoxy groups -OCH3 is 2. The van der Waals surface area contributed by atoms with Crippen LogP contribution in [0.1, 0.15) is 40.5 Å². The molecule has 32 heavy (non-hydrogen) atoms. The summed E-state index contributed by atoms with van der Waals surface area (Å²) in [5, 5.41) is 0. The predicted octanol–water partition coefficient (Wildman–Crippen LogP) is 2.22. The third kappa shape index (κ3) is 4.47. The zero-order valence-corrected chi connectivity index (χ0v) is 20.9. The molecule has 0 atom stereocenters. The molecule has 3 aliphatic heterocycles. The number of anilines is 1. The largest absolute Gasteiger partial charge is 0.495 e. The van der Waals surface area contributed by atoms with E-state index in [1.165, 1.54) is 25.9 Å². The SMILES string of the molecule is COc1cc(B2OC(C)(C)C(C)(C)O2)cc(OC)c1N1CCN(C2CCN(C)CC2)CC1. The number of rotatable bonds is 5. The highest BCUT2D eigenvalue weighted by Crippen LogP contribution is 2.41. The van der Waals surface area contributed by atoms with Gasteiger partial charge in [0.05, 0.1) is 25.4 Å². The molecular formula is C24H40BN3O4. The van der Waals surface area contributed by atoms with Crippen molar-refractivity contribution in [2.45, 2.75) is 57.8 Å². The number of likely N-dealkylation sites (tertiary alicyclic amines) is 1. The molecule has 8 heteroatoms. The maximum absolute atomic E-state index is 6.27. The summed E-state index contributed by atoms with van der Waals surface area (Å²) in [6.45, 7) is 14.8. The summed E-state index contributed by atoms with van der Waals surface area (Å²) in [5.41, 5.74) is 1.17. The van der Waals surface area contributed by atoms with Crippen molar-refractivity contribution in [1.82, 2.24) is 9.80 Å². The van der Waals surface area contributed by atoms with Crippen LogP contribution in [0.2, 0.25) is 0 Å². The van der Waals surface area contributed by atoms with Crippen molar-refractivity contribution in [2.75, 3.05) is 65.4 Å². The fourth-order valence-corrected chi connectivity index (χ4v) is 5.01. The molecule has 0 amide bonds. The Hall–Kier alpha value is -1.48. The Kier molecular flexibility index (Phi) is 6.69. The van der Waals surface area contributed by atoms with Gasteiger partial charge in [-0.2, -0.15) is 0 Å². The minimum absolute atomic E-state index is 0.388. The second kappa shape index (κ2) is 9.05. The molecular weight excluding hydrogens is 405 g/mol. The lowest BCUT2D eigenvalue weighted by atomic mass is 9.78. The number of ether oxygens (including phenoxy) is 2. The first-order valence-electron chi connectivity index (χ1n) is 11.9. The molecule has 3 heterocycles. The zero-order chi connectivity index (χ0) is 23.1. The van der Waals surface area contributed by atoms with E-state index in [9.17, 15) is 0 Å². The molecule has 0 spiro atoms. The first-order chi connectivity index (χ1) is 15.1. The first-order valence-corrected chi connectivity index (χ1v) is 11.9. The lowest BCUT2D eigenvalue weighted by Crippen LogP contribution is -2.53. The van der Waals surface area contributed by atoms with E-state index in [4.69, 9.17) is 18.8 Å². The Morgan fingerprint density at radius 1 is 0.844 bits per heavy atom. The van der Waals surface area contributed by atoms with Crippen LogP contribution in [-0.2, 0) is 9.31 Å². The van der Waals surface area contributed by atoms with Gasteiger partial charge >= 0.3 is 7.12 Å². The van der Waals surface area contributed by atoms with E-state index in [-0.39, 0.29) is 11.2 Å². The van der Waals surface area contributed by atoms with Gasteiger partial charge in [-0.1, -0.05) is 0 Å². The Morgan fingerprint density at radius 3 is 1.81 bits per heavy atom. The number of piperazine rings is 1. The highest BCUT2D eigenvalue weighted by molar-refractivity contribution is 6.62. The van der Waals surface area contributed by atoms with Gasteiger partial charge in [0.1, 0.15) is 17.2 Å². The van der Waals surface area contributed by atoms with Crippen molar-refractivity contribution in [3.8, 4) is 11.5 Å². The predicted molar refractivity (Wildman–Crippen MR) is 130 cm³/mol. The van der Waals surface area contributed by atoms with Crippen molar-refractivity contribution in [2.24, 2.45) is 0 Å². The van der Waals surface area contributed by atoms with Gasteiger partial charge in [-0.05, 0) is 78.3 Å². The summed E-state index contributed by atoms with van der Waals surface area (Å²) < 4.78 is 24.2. The summed E-state index contributed by atoms with van der Waals surface area (Å²) in [5.74, 6) is 1.61. The Morgan fingerprint density at radius 2 is 1.34 bits per heavy atom. The molecule has 3 saturated heterocycles. The Labute approximate surface area is 194 Å². The molecule has 3 fully saturated rings. The number of nitrogens with zero attached hydrogens (tertiary/aromatic N) is 3. The van der Waals surface area contributed by atoms with Crippen molar-refractivity contribution >= 4 is 18.3 Å². The molecule has 7 nitrogen and oxygen atoms in total. The van der Waals surface area contributed by atoms with Crippen LogP contribution in [0.15, 0.2) is 12.1 Å². The van der Waals surface area contributed by atoms with Gasteiger partial charge < -0.3 is 28.6 Å². The minimum Gasteiger partial charge on any atom is -0.494 e. The number of hydrogen-bond donors (Lipinski definition) is 0. The standard InChI is InChI=1S/C24H40BN3O4/c1-23(2)24(3,4)32-25(31-23)18-16-20(29-6)22(21(17-18)30-7)28-14-12-27(13-15-28)19-8-10-26(5)11-9-19/h16-17,19H,8-15H2,1-7H3. The average Bonchev–Trinajstić information content (AvgIpc) is 3.00. The molecule has 0 saturated carbocycles. The summed E-state index contributed by atoms with van der Waals surface area (Å²) in [6, 6.07) is 4.80. The van der Waals surface area contributed by atoms with Gasteiger partial charge in [-0.25, -0.2) is 0 Å². The smallest absolute Gasteiger partial charge is 0.494 e. The normalized spacial score (nSPS) is 24.7. The molecule has 178 valence electrons. The summed E-state index contributed by atoms with van der Waals surface area (Å²) in [7, 11) is 5.22. The minimum atomic E-state index is -0.446. The highest BCUT2D eigenvalue weighted by Gasteiger charge is 2.52. The van der Waals surface area contributed by atoms with Crippen LogP contribution in [-0.4, -0.2) is 94.7 Å². The molecule has 0 unspecified atom stereocenters. The quantitative estimate of drug-likeness (QED) is 0.645. The van der Waals surface area contributed by atoms with E-state index < -0.39 is 7.12 Å². The molecule has 1 aromatic rings. The van der Waals surface area contributed by atoms with Crippen LogP contribution in [0.5, 0.6) is 11.5 Å². The number of hydrogen-bond acceptors (Lipinski definition) is 7. The van der Waals surface area contributed by atoms with Gasteiger partial charge in [0, 0.05) is 32.2 Å². The summed E-state index contributed by atoms with van der Waals surface area (Å²) >= 11 is 0. The van der Waals surface area contributed by atoms with E-state index in [1.54, 1.807) is 14.2 Å². The molecule has 0 aliphatic carbocycles. The van der Waals surface area contributed by atoms with E-state index in [0.717, 1.165) is 48.8 Å². The number of piperidine rings is 1. The topological polar surface area (TPSA) is 46.6 Å². The van der Waals surface area contributed by atoms with Crippen molar-refractivity contribution < 1.29 is 18.8 Å². The average molecular weight is 445 g/mol. The van der Waals surface area contributed by atoms with Crippen LogP contribution in [0.4, 0.5) is 5.69 Å². The van der Waals surface area contributed by atoms with E-state index in [2.05, 4.69) is 49.4 Å². The monoisotopic (exact) mass is 445 g/mol. The van der Waals surface area contributed by atoms with Crippen LogP contribution >= 0.6 is 0 Å². The van der Waals surface area contributed by atoms with Crippen molar-refractivity contribution in [3.63, 3.8) is 0 Å². The van der Waals surface area contributed by atoms with Gasteiger partial charge in [-0.3, -0.25) is 4.90 Å². The Balaban J connectivity index is 1.51. The second-order valence-corrected chi connectivity index (χ2v) is 10.4. The van der Waals surface area contributed by atoms with E-state index in [1.807, 2.05) is 12.1 Å². The van der Waals surface area contributed by atoms with Crippen LogP contribution in [0.25, 0.3) is 0 Å². The Bertz CT molecular complexity index is 761. The maximum atomic E-state index is 6.27. The molecule has 3 aliphatic rings. The van der Waals surface area contributed by atoms with Gasteiger partial charge in [0.25, 0.3) is 0 Å². The molecule has 0 N–H and O–H groups in total. The van der Waals surface area contributed by atoms with Crippen molar-refractivity contribution in [3.05, 3.63) is 12.1 Å². The molecule has 0 radical (unpaired) electrons. The fraction of sp³-hybridized carbons (Fsp3) is 0.750. The highest BCUT2D eigenvalue weighted by atomic mass is 16.7. The summed E-state index contributed by atoms with van der Waals surface area (Å²) in [6.07, 6.45) is 2.54. The zero-order valence-electron chi connectivity index (χ0n) is 20.9. The van der Waals surface area contributed by atoms with E-state index in [0.29, 0.717) is 6.04 Å². The van der Waals surface area contributed by atoms with Crippen LogP contribution < -0.4 is 19.8 Å². The third-order valence-corrected chi connectivity index (χ3v) is 7.86. The van der Waals surface area contributed by atoms with Crippen LogP contribution in [0.3, 0.4) is 0 Å². The molecule has 1 aromatic carbocycles. The second-order valence-electron chi connectivity index (χ2n) is 10.4. The first kappa shape index (κ1) is 23.7. The van der Waals surface area contributed by atoms with Gasteiger partial charge in [0.2, 0.25) is 0 Å². The maximum Gasteiger partial charge on any atom is 0.495 e. The van der Waals surface area contributed by atoms with Crippen LogP contribution in [0, 0.1) is 0 Å². The lowest BCUT2D eigenvalue weighted by Gasteiger charge is -2.43. The molecule has 4 rings (SSSR count). The summed E-state index contributed by atoms with van der Waals surface area (Å²) in [4.78, 5) is 7.50.